The summed E-state index contributed by atoms with van der Waals surface area (Å²) in [5, 5.41) is 16.0. The smallest absolute Gasteiger partial charge is 0.250 e. The van der Waals surface area contributed by atoms with Crippen LogP contribution in [-0.2, 0) is 4.79 Å². The molecule has 1 amide bonds. The molecule has 0 aliphatic heterocycles. The summed E-state index contributed by atoms with van der Waals surface area (Å²) in [7, 11) is 0. The summed E-state index contributed by atoms with van der Waals surface area (Å²) < 4.78 is 1.97. The fraction of sp³-hybridized carbons (Fsp3) is 0.0714. The first-order valence-electron chi connectivity index (χ1n) is 11.2. The monoisotopic (exact) mass is 477 g/mol. The molecule has 4 aromatic carbocycles. The van der Waals surface area contributed by atoms with Crippen molar-refractivity contribution in [3.05, 3.63) is 109 Å². The van der Waals surface area contributed by atoms with Crippen molar-refractivity contribution in [2.24, 2.45) is 5.10 Å². The third-order valence-electron chi connectivity index (χ3n) is 5.54. The number of carbonyl (C=O) groups is 1. The van der Waals surface area contributed by atoms with E-state index in [0.717, 1.165) is 39.1 Å². The fourth-order valence-electron chi connectivity index (χ4n) is 3.86. The summed E-state index contributed by atoms with van der Waals surface area (Å²) in [5.74, 6) is 0.675. The number of carbonyl (C=O) groups excluding carboxylic acids is 1. The lowest BCUT2D eigenvalue weighted by molar-refractivity contribution is -0.118. The standard InChI is InChI=1S/C28H23N5OS/c1-20(24-18-10-14-21-11-8-9-17-25(21)24)29-30-26(34)19-35-28-32-31-27(22-12-4-2-5-13-22)33(28)23-15-6-3-7-16-23/h2-18H,19H2,1H3,(H,30,34). The van der Waals surface area contributed by atoms with Gasteiger partial charge in [-0.1, -0.05) is 103 Å². The molecule has 1 heterocycles. The lowest BCUT2D eigenvalue weighted by Gasteiger charge is -2.10. The molecule has 0 aliphatic carbocycles. The van der Waals surface area contributed by atoms with E-state index in [1.54, 1.807) is 0 Å². The summed E-state index contributed by atoms with van der Waals surface area (Å²) in [5.41, 5.74) is 6.31. The molecule has 0 atom stereocenters. The van der Waals surface area contributed by atoms with Crippen molar-refractivity contribution in [3.8, 4) is 17.1 Å². The fourth-order valence-corrected chi connectivity index (χ4v) is 4.60. The van der Waals surface area contributed by atoms with Gasteiger partial charge in [-0.2, -0.15) is 5.10 Å². The second-order valence-electron chi connectivity index (χ2n) is 7.89. The third-order valence-corrected chi connectivity index (χ3v) is 6.47. The molecule has 0 bridgehead atoms. The Hall–Kier alpha value is -4.23. The van der Waals surface area contributed by atoms with E-state index in [4.69, 9.17) is 0 Å². The Bertz CT molecular complexity index is 1490. The first kappa shape index (κ1) is 22.6. The van der Waals surface area contributed by atoms with Gasteiger partial charge >= 0.3 is 0 Å². The number of benzene rings is 4. The van der Waals surface area contributed by atoms with Crippen LogP contribution in [0, 0.1) is 0 Å². The van der Waals surface area contributed by atoms with Gasteiger partial charge in [-0.15, -0.1) is 10.2 Å². The van der Waals surface area contributed by atoms with Crippen LogP contribution in [0.25, 0.3) is 27.8 Å². The van der Waals surface area contributed by atoms with E-state index in [-0.39, 0.29) is 11.7 Å². The molecule has 0 radical (unpaired) electrons. The highest BCUT2D eigenvalue weighted by molar-refractivity contribution is 7.99. The van der Waals surface area contributed by atoms with Gasteiger partial charge in [0.2, 0.25) is 0 Å². The minimum absolute atomic E-state index is 0.159. The number of nitrogens with one attached hydrogen (secondary N) is 1. The number of rotatable bonds is 7. The topological polar surface area (TPSA) is 72.2 Å². The number of hydrazone groups is 1. The van der Waals surface area contributed by atoms with Gasteiger partial charge in [0.15, 0.2) is 11.0 Å². The van der Waals surface area contributed by atoms with Gasteiger partial charge < -0.3 is 0 Å². The van der Waals surface area contributed by atoms with Crippen molar-refractivity contribution < 1.29 is 4.79 Å². The number of fused-ring (bicyclic) bond motifs is 1. The first-order chi connectivity index (χ1) is 17.2. The zero-order valence-corrected chi connectivity index (χ0v) is 19.9. The molecule has 35 heavy (non-hydrogen) atoms. The van der Waals surface area contributed by atoms with Gasteiger partial charge in [-0.25, -0.2) is 5.43 Å². The van der Waals surface area contributed by atoms with Crippen LogP contribution in [-0.4, -0.2) is 32.1 Å². The van der Waals surface area contributed by atoms with Gasteiger partial charge in [-0.05, 0) is 29.8 Å². The summed E-state index contributed by atoms with van der Waals surface area (Å²) >= 11 is 1.32. The first-order valence-corrected chi connectivity index (χ1v) is 12.2. The molecule has 5 aromatic rings. The Morgan fingerprint density at radius 1 is 0.857 bits per heavy atom. The van der Waals surface area contributed by atoms with E-state index in [1.807, 2.05) is 96.4 Å². The Labute approximate surface area is 207 Å². The highest BCUT2D eigenvalue weighted by atomic mass is 32.2. The van der Waals surface area contributed by atoms with Crippen LogP contribution in [0.2, 0.25) is 0 Å². The minimum Gasteiger partial charge on any atom is -0.272 e. The van der Waals surface area contributed by atoms with Crippen LogP contribution >= 0.6 is 11.8 Å². The van der Waals surface area contributed by atoms with Crippen LogP contribution in [0.15, 0.2) is 113 Å². The number of hydrogen-bond acceptors (Lipinski definition) is 5. The number of amides is 1. The highest BCUT2D eigenvalue weighted by Gasteiger charge is 2.17. The quantitative estimate of drug-likeness (QED) is 0.185. The SMILES string of the molecule is CC(=NNC(=O)CSc1nnc(-c2ccccc2)n1-c1ccccc1)c1cccc2ccccc12. The molecule has 0 unspecified atom stereocenters. The summed E-state index contributed by atoms with van der Waals surface area (Å²) in [4.78, 5) is 12.6. The van der Waals surface area contributed by atoms with E-state index in [9.17, 15) is 4.79 Å². The minimum atomic E-state index is -0.210. The van der Waals surface area contributed by atoms with Crippen LogP contribution in [0.1, 0.15) is 12.5 Å². The van der Waals surface area contributed by atoms with Crippen molar-refractivity contribution in [3.63, 3.8) is 0 Å². The van der Waals surface area contributed by atoms with Gasteiger partial charge in [0.25, 0.3) is 5.91 Å². The van der Waals surface area contributed by atoms with Crippen LogP contribution in [0.5, 0.6) is 0 Å². The number of hydrogen-bond donors (Lipinski definition) is 1. The summed E-state index contributed by atoms with van der Waals surface area (Å²) in [6.07, 6.45) is 0. The predicted octanol–water partition coefficient (Wildman–Crippen LogP) is 5.72. The average Bonchev–Trinajstić information content (AvgIpc) is 3.35. The molecule has 5 rings (SSSR count). The van der Waals surface area contributed by atoms with Crippen molar-refractivity contribution in [2.45, 2.75) is 12.1 Å². The number of thioether (sulfide) groups is 1. The molecular weight excluding hydrogens is 454 g/mol. The van der Waals surface area contributed by atoms with Crippen LogP contribution in [0.3, 0.4) is 0 Å². The average molecular weight is 478 g/mol. The van der Waals surface area contributed by atoms with Crippen molar-refractivity contribution >= 4 is 34.2 Å². The van der Waals surface area contributed by atoms with Gasteiger partial charge in [0.05, 0.1) is 11.5 Å². The Morgan fingerprint density at radius 3 is 2.34 bits per heavy atom. The number of nitrogens with zero attached hydrogens (tertiary/aromatic N) is 4. The van der Waals surface area contributed by atoms with E-state index in [1.165, 1.54) is 11.8 Å². The molecule has 0 saturated heterocycles. The Morgan fingerprint density at radius 2 is 1.54 bits per heavy atom. The van der Waals surface area contributed by atoms with E-state index in [2.05, 4.69) is 38.9 Å². The number of aromatic nitrogens is 3. The van der Waals surface area contributed by atoms with Crippen LogP contribution in [0.4, 0.5) is 0 Å². The van der Waals surface area contributed by atoms with E-state index < -0.39 is 0 Å². The second kappa shape index (κ2) is 10.4. The molecule has 1 N–H and O–H groups in total. The molecule has 0 fully saturated rings. The molecule has 0 spiro atoms. The largest absolute Gasteiger partial charge is 0.272 e. The third kappa shape index (κ3) is 5.00. The maximum atomic E-state index is 12.6. The summed E-state index contributed by atoms with van der Waals surface area (Å²) in [6, 6.07) is 34.0. The maximum Gasteiger partial charge on any atom is 0.250 e. The molecule has 6 nitrogen and oxygen atoms in total. The zero-order valence-electron chi connectivity index (χ0n) is 19.1. The van der Waals surface area contributed by atoms with Gasteiger partial charge in [-0.3, -0.25) is 9.36 Å². The predicted molar refractivity (Wildman–Crippen MR) is 142 cm³/mol. The second-order valence-corrected chi connectivity index (χ2v) is 8.83. The molecule has 0 aliphatic rings. The normalized spacial score (nSPS) is 11.5. The summed E-state index contributed by atoms with van der Waals surface area (Å²) in [6.45, 7) is 1.90. The molecule has 172 valence electrons. The van der Waals surface area contributed by atoms with E-state index >= 15 is 0 Å². The van der Waals surface area contributed by atoms with Crippen LogP contribution < -0.4 is 5.43 Å². The maximum absolute atomic E-state index is 12.6. The molecule has 1 aromatic heterocycles. The zero-order chi connectivity index (χ0) is 24.0. The highest BCUT2D eigenvalue weighted by Crippen LogP contribution is 2.27. The Balaban J connectivity index is 1.33. The number of para-hydroxylation sites is 1. The van der Waals surface area contributed by atoms with Crippen molar-refractivity contribution in [2.75, 3.05) is 5.75 Å². The van der Waals surface area contributed by atoms with E-state index in [0.29, 0.717) is 5.16 Å². The van der Waals surface area contributed by atoms with Gasteiger partial charge in [0, 0.05) is 16.8 Å². The lowest BCUT2D eigenvalue weighted by atomic mass is 10.0. The Kier molecular flexibility index (Phi) is 6.68. The lowest BCUT2D eigenvalue weighted by Crippen LogP contribution is -2.21. The van der Waals surface area contributed by atoms with Crippen molar-refractivity contribution in [1.82, 2.24) is 20.2 Å². The molecular formula is C28H23N5OS. The van der Waals surface area contributed by atoms with Gasteiger partial charge in [0.1, 0.15) is 0 Å². The van der Waals surface area contributed by atoms with Crippen molar-refractivity contribution in [1.29, 1.82) is 0 Å². The molecule has 0 saturated carbocycles. The molecule has 7 heteroatoms.